The topological polar surface area (TPSA) is 86.4 Å². The van der Waals surface area contributed by atoms with Gasteiger partial charge < -0.3 is 14.5 Å². The fourth-order valence-corrected chi connectivity index (χ4v) is 5.55. The van der Waals surface area contributed by atoms with Gasteiger partial charge in [-0.1, -0.05) is 11.6 Å². The zero-order chi connectivity index (χ0) is 26.1. The molecule has 1 amide bonds. The van der Waals surface area contributed by atoms with Crippen LogP contribution in [0.5, 0.6) is 0 Å². The molecule has 0 spiro atoms. The van der Waals surface area contributed by atoms with Crippen LogP contribution in [-0.4, -0.2) is 27.8 Å². The van der Waals surface area contributed by atoms with Crippen LogP contribution in [0.1, 0.15) is 88.0 Å². The monoisotopic (exact) mass is 547 g/mol. The Morgan fingerprint density at radius 2 is 1.92 bits per heavy atom. The second-order valence-electron chi connectivity index (χ2n) is 8.43. The summed E-state index contributed by atoms with van der Waals surface area (Å²) in [6, 6.07) is 2.65. The molecule has 0 atom stereocenters. The smallest absolute Gasteiger partial charge is 0.341 e. The van der Waals surface area contributed by atoms with E-state index in [2.05, 4.69) is 10.4 Å². The van der Waals surface area contributed by atoms with Gasteiger partial charge in [0, 0.05) is 4.88 Å². The average molecular weight is 548 g/mol. The highest BCUT2D eigenvalue weighted by Gasteiger charge is 2.30. The highest BCUT2D eigenvalue weighted by molar-refractivity contribution is 7.17. The molecule has 3 aromatic rings. The molecule has 3 heterocycles. The molecule has 4 rings (SSSR count). The summed E-state index contributed by atoms with van der Waals surface area (Å²) in [6.45, 7) is 3.02. The summed E-state index contributed by atoms with van der Waals surface area (Å²) in [6.07, 6.45) is -3.23. The minimum atomic E-state index is -3.15. The highest BCUT2D eigenvalue weighted by Crippen LogP contribution is 2.39. The molecule has 0 fully saturated rings. The van der Waals surface area contributed by atoms with Crippen LogP contribution in [0.25, 0.3) is 0 Å². The van der Waals surface area contributed by atoms with Gasteiger partial charge in [-0.2, -0.15) is 5.10 Å². The number of carbonyl (C=O) groups excluding carboxylic acids is 2. The van der Waals surface area contributed by atoms with Crippen molar-refractivity contribution in [3.05, 3.63) is 56.1 Å². The van der Waals surface area contributed by atoms with E-state index >= 15 is 0 Å². The standard InChI is InChI=1S/C23H22ClF4N3O4S/c1-10(2)34-23(33)15-12-5-3-4-6-14(12)36-22(15)29-21(32)13-8-7-11(35-13)9-31-18(20(27)28)16(24)17(30-31)19(25)26/h7-8,10,19-20H,3-6,9H2,1-2H3,(H,29,32). The predicted octanol–water partition coefficient (Wildman–Crippen LogP) is 6.81. The Kier molecular flexibility index (Phi) is 7.74. The number of hydrogen-bond acceptors (Lipinski definition) is 6. The number of aryl methyl sites for hydroxylation is 1. The molecule has 36 heavy (non-hydrogen) atoms. The Morgan fingerprint density at radius 3 is 2.58 bits per heavy atom. The molecule has 1 N–H and O–H groups in total. The number of fused-ring (bicyclic) bond motifs is 1. The van der Waals surface area contributed by atoms with Gasteiger partial charge in [-0.15, -0.1) is 11.3 Å². The van der Waals surface area contributed by atoms with Crippen molar-refractivity contribution in [1.82, 2.24) is 9.78 Å². The minimum Gasteiger partial charge on any atom is -0.459 e. The number of nitrogens with one attached hydrogen (secondary N) is 1. The van der Waals surface area contributed by atoms with Gasteiger partial charge in [0.25, 0.3) is 18.8 Å². The van der Waals surface area contributed by atoms with Crippen LogP contribution in [0.2, 0.25) is 5.02 Å². The zero-order valence-electron chi connectivity index (χ0n) is 19.2. The quantitative estimate of drug-likeness (QED) is 0.247. The van der Waals surface area contributed by atoms with Gasteiger partial charge in [-0.25, -0.2) is 22.4 Å². The lowest BCUT2D eigenvalue weighted by Gasteiger charge is -2.14. The van der Waals surface area contributed by atoms with Crippen LogP contribution in [-0.2, 0) is 24.1 Å². The van der Waals surface area contributed by atoms with Crippen molar-refractivity contribution in [2.45, 2.75) is 65.0 Å². The Morgan fingerprint density at radius 1 is 1.19 bits per heavy atom. The van der Waals surface area contributed by atoms with E-state index < -0.39 is 47.7 Å². The fourth-order valence-electron chi connectivity index (χ4n) is 3.98. The lowest BCUT2D eigenvalue weighted by atomic mass is 9.95. The molecule has 1 aliphatic carbocycles. The maximum Gasteiger partial charge on any atom is 0.341 e. The summed E-state index contributed by atoms with van der Waals surface area (Å²) in [5, 5.41) is 5.71. The van der Waals surface area contributed by atoms with Crippen molar-refractivity contribution in [1.29, 1.82) is 0 Å². The second-order valence-corrected chi connectivity index (χ2v) is 9.92. The third kappa shape index (κ3) is 5.29. The molecule has 194 valence electrons. The number of rotatable bonds is 8. The predicted molar refractivity (Wildman–Crippen MR) is 124 cm³/mol. The van der Waals surface area contributed by atoms with Crippen molar-refractivity contribution < 1.29 is 36.3 Å². The summed E-state index contributed by atoms with van der Waals surface area (Å²) in [7, 11) is 0. The maximum absolute atomic E-state index is 13.4. The van der Waals surface area contributed by atoms with E-state index in [9.17, 15) is 27.2 Å². The Hall–Kier alpha value is -2.86. The molecular weight excluding hydrogens is 526 g/mol. The molecule has 0 saturated heterocycles. The molecule has 0 unspecified atom stereocenters. The third-order valence-electron chi connectivity index (χ3n) is 5.51. The van der Waals surface area contributed by atoms with Gasteiger partial charge in [-0.3, -0.25) is 9.48 Å². The molecule has 0 aromatic carbocycles. The van der Waals surface area contributed by atoms with Gasteiger partial charge in [0.15, 0.2) is 5.76 Å². The lowest BCUT2D eigenvalue weighted by Crippen LogP contribution is -2.17. The number of halogens is 5. The molecule has 13 heteroatoms. The van der Waals surface area contributed by atoms with E-state index in [0.29, 0.717) is 21.7 Å². The summed E-state index contributed by atoms with van der Waals surface area (Å²) in [5.74, 6) is -1.33. The first-order valence-corrected chi connectivity index (χ1v) is 12.3. The third-order valence-corrected chi connectivity index (χ3v) is 7.10. The lowest BCUT2D eigenvalue weighted by molar-refractivity contribution is 0.0378. The first kappa shape index (κ1) is 26.2. The minimum absolute atomic E-state index is 0.0203. The molecule has 7 nitrogen and oxygen atoms in total. The molecule has 0 bridgehead atoms. The molecule has 1 aliphatic rings. The second kappa shape index (κ2) is 10.6. The van der Waals surface area contributed by atoms with Crippen LogP contribution in [0.15, 0.2) is 16.5 Å². The number of thiophene rings is 1. The average Bonchev–Trinajstić information content (AvgIpc) is 3.48. The van der Waals surface area contributed by atoms with E-state index in [1.807, 2.05) is 0 Å². The number of alkyl halides is 4. The van der Waals surface area contributed by atoms with Crippen molar-refractivity contribution in [2.75, 3.05) is 5.32 Å². The number of amides is 1. The summed E-state index contributed by atoms with van der Waals surface area (Å²) in [4.78, 5) is 26.7. The molecule has 0 saturated carbocycles. The molecular formula is C23H22ClF4N3O4S. The van der Waals surface area contributed by atoms with Crippen LogP contribution in [0.3, 0.4) is 0 Å². The van der Waals surface area contributed by atoms with Crippen LogP contribution >= 0.6 is 22.9 Å². The number of carbonyl (C=O) groups is 2. The zero-order valence-corrected chi connectivity index (χ0v) is 20.8. The van der Waals surface area contributed by atoms with Crippen LogP contribution in [0.4, 0.5) is 22.6 Å². The highest BCUT2D eigenvalue weighted by atomic mass is 35.5. The van der Waals surface area contributed by atoms with Crippen LogP contribution in [0, 0.1) is 0 Å². The van der Waals surface area contributed by atoms with E-state index in [0.717, 1.165) is 29.7 Å². The molecule has 0 radical (unpaired) electrons. The Balaban J connectivity index is 1.56. The number of ether oxygens (including phenoxy) is 1. The maximum atomic E-state index is 13.4. The fraction of sp³-hybridized carbons (Fsp3) is 0.435. The van der Waals surface area contributed by atoms with Crippen LogP contribution < -0.4 is 5.32 Å². The summed E-state index contributed by atoms with van der Waals surface area (Å²) in [5.41, 5.74) is -0.626. The Labute approximate surface area is 212 Å². The normalized spacial score (nSPS) is 13.5. The number of furan rings is 1. The molecule has 0 aliphatic heterocycles. The van der Waals surface area contributed by atoms with E-state index in [-0.39, 0.29) is 17.6 Å². The van der Waals surface area contributed by atoms with Crippen molar-refractivity contribution in [2.24, 2.45) is 0 Å². The number of aromatic nitrogens is 2. The van der Waals surface area contributed by atoms with Gasteiger partial charge >= 0.3 is 5.97 Å². The Bertz CT molecular complexity index is 1280. The van der Waals surface area contributed by atoms with Crippen molar-refractivity contribution >= 4 is 39.8 Å². The number of nitrogens with zero attached hydrogens (tertiary/aromatic N) is 2. The van der Waals surface area contributed by atoms with E-state index in [1.165, 1.54) is 23.5 Å². The summed E-state index contributed by atoms with van der Waals surface area (Å²) >= 11 is 6.98. The van der Waals surface area contributed by atoms with Gasteiger partial charge in [0.05, 0.1) is 23.2 Å². The van der Waals surface area contributed by atoms with Gasteiger partial charge in [0.2, 0.25) is 0 Å². The number of hydrogen-bond donors (Lipinski definition) is 1. The molecule has 3 aromatic heterocycles. The van der Waals surface area contributed by atoms with E-state index in [4.69, 9.17) is 20.8 Å². The van der Waals surface area contributed by atoms with E-state index in [1.54, 1.807) is 13.8 Å². The SMILES string of the molecule is CC(C)OC(=O)c1c(NC(=O)c2ccc(Cn3nc(C(F)F)c(Cl)c3C(F)F)o2)sc2c1CCCC2. The van der Waals surface area contributed by atoms with Gasteiger partial charge in [0.1, 0.15) is 22.1 Å². The number of anilines is 1. The first-order valence-electron chi connectivity index (χ1n) is 11.1. The van der Waals surface area contributed by atoms with Gasteiger partial charge in [-0.05, 0) is 57.2 Å². The largest absolute Gasteiger partial charge is 0.459 e. The first-order chi connectivity index (χ1) is 17.1. The van der Waals surface area contributed by atoms with Crippen molar-refractivity contribution in [3.63, 3.8) is 0 Å². The number of esters is 1. The van der Waals surface area contributed by atoms with Crippen molar-refractivity contribution in [3.8, 4) is 0 Å². The summed E-state index contributed by atoms with van der Waals surface area (Å²) < 4.78 is 64.4.